The summed E-state index contributed by atoms with van der Waals surface area (Å²) in [7, 11) is 1.65. The molecule has 3 aromatic carbocycles. The third-order valence-electron chi connectivity index (χ3n) is 7.61. The maximum absolute atomic E-state index is 13.0. The number of para-hydroxylation sites is 1. The average Bonchev–Trinajstić information content (AvgIpc) is 3.28. The van der Waals surface area contributed by atoms with Gasteiger partial charge in [-0.15, -0.1) is 0 Å². The molecule has 1 aliphatic heterocycles. The maximum atomic E-state index is 13.0. The Morgan fingerprint density at radius 1 is 0.927 bits per heavy atom. The van der Waals surface area contributed by atoms with Crippen molar-refractivity contribution in [3.8, 4) is 17.2 Å². The average molecular weight is 551 g/mol. The van der Waals surface area contributed by atoms with Crippen molar-refractivity contribution in [1.82, 2.24) is 19.6 Å². The van der Waals surface area contributed by atoms with Crippen molar-refractivity contribution in [1.29, 1.82) is 0 Å². The van der Waals surface area contributed by atoms with Gasteiger partial charge in [-0.1, -0.05) is 36.4 Å². The van der Waals surface area contributed by atoms with Crippen LogP contribution >= 0.6 is 0 Å². The first-order valence-corrected chi connectivity index (χ1v) is 14.1. The van der Waals surface area contributed by atoms with Gasteiger partial charge in [-0.3, -0.25) is 9.69 Å². The third-order valence-corrected chi connectivity index (χ3v) is 7.61. The smallest absolute Gasteiger partial charge is 0.246 e. The normalized spacial score (nSPS) is 14.0. The molecule has 1 saturated heterocycles. The van der Waals surface area contributed by atoms with Crippen LogP contribution in [0.15, 0.2) is 78.9 Å². The van der Waals surface area contributed by atoms with Gasteiger partial charge in [-0.25, -0.2) is 4.68 Å². The zero-order valence-corrected chi connectivity index (χ0v) is 24.3. The highest BCUT2D eigenvalue weighted by Gasteiger charge is 2.22. The highest BCUT2D eigenvalue weighted by Crippen LogP contribution is 2.24. The van der Waals surface area contributed by atoms with Crippen LogP contribution in [-0.2, 0) is 17.9 Å². The van der Waals surface area contributed by atoms with E-state index in [1.807, 2.05) is 83.2 Å². The number of benzene rings is 3. The second-order valence-electron chi connectivity index (χ2n) is 10.5. The van der Waals surface area contributed by atoms with Gasteiger partial charge < -0.3 is 14.4 Å². The van der Waals surface area contributed by atoms with E-state index in [2.05, 4.69) is 30.9 Å². The molecule has 7 nitrogen and oxygen atoms in total. The molecule has 2 heterocycles. The highest BCUT2D eigenvalue weighted by molar-refractivity contribution is 5.91. The van der Waals surface area contributed by atoms with Crippen molar-refractivity contribution in [2.24, 2.45) is 0 Å². The zero-order valence-electron chi connectivity index (χ0n) is 24.3. The van der Waals surface area contributed by atoms with E-state index in [9.17, 15) is 4.79 Å². The van der Waals surface area contributed by atoms with Crippen LogP contribution in [0.4, 0.5) is 0 Å². The van der Waals surface area contributed by atoms with E-state index in [1.165, 1.54) is 11.3 Å². The predicted octanol–water partition coefficient (Wildman–Crippen LogP) is 5.74. The number of hydrogen-bond acceptors (Lipinski definition) is 5. The maximum Gasteiger partial charge on any atom is 0.246 e. The van der Waals surface area contributed by atoms with Gasteiger partial charge in [0.25, 0.3) is 0 Å². The first-order valence-electron chi connectivity index (χ1n) is 14.1. The lowest BCUT2D eigenvalue weighted by atomic mass is 10.1. The number of aryl methyl sites for hydroxylation is 2. The number of amides is 1. The van der Waals surface area contributed by atoms with Crippen LogP contribution < -0.4 is 9.47 Å². The second-order valence-corrected chi connectivity index (χ2v) is 10.5. The van der Waals surface area contributed by atoms with Crippen LogP contribution in [0.2, 0.25) is 0 Å². The molecule has 0 bridgehead atoms. The first-order chi connectivity index (χ1) is 19.9. The fourth-order valence-corrected chi connectivity index (χ4v) is 5.23. The van der Waals surface area contributed by atoms with Crippen LogP contribution in [0, 0.1) is 20.8 Å². The van der Waals surface area contributed by atoms with Crippen LogP contribution in [0.3, 0.4) is 0 Å². The van der Waals surface area contributed by atoms with Crippen LogP contribution in [0.1, 0.15) is 33.6 Å². The number of piperazine rings is 1. The minimum Gasteiger partial charge on any atom is -0.496 e. The first kappa shape index (κ1) is 28.2. The van der Waals surface area contributed by atoms with Gasteiger partial charge in [0.2, 0.25) is 5.91 Å². The van der Waals surface area contributed by atoms with E-state index in [0.29, 0.717) is 19.7 Å². The van der Waals surface area contributed by atoms with E-state index in [4.69, 9.17) is 14.6 Å². The van der Waals surface area contributed by atoms with Gasteiger partial charge >= 0.3 is 0 Å². The molecule has 0 N–H and O–H groups in total. The number of aromatic nitrogens is 2. The van der Waals surface area contributed by atoms with E-state index in [-0.39, 0.29) is 5.91 Å². The highest BCUT2D eigenvalue weighted by atomic mass is 16.5. The molecule has 41 heavy (non-hydrogen) atoms. The molecular weight excluding hydrogens is 512 g/mol. The predicted molar refractivity (Wildman–Crippen MR) is 162 cm³/mol. The van der Waals surface area contributed by atoms with E-state index in [1.54, 1.807) is 13.2 Å². The molecule has 1 aromatic heterocycles. The molecule has 1 amide bonds. The standard InChI is InChI=1S/C34H38N4O3/c1-25-9-8-12-31(21-25)41-24-29-22-28(13-15-33(29)40-4)14-16-34(39)37-19-17-36(18-20-37)23-32-26(2)35-38(27(32)3)30-10-6-5-7-11-30/h5-16,21-22H,17-20,23-24H2,1-4H3/b16-14+. The summed E-state index contributed by atoms with van der Waals surface area (Å²) in [4.78, 5) is 17.3. The van der Waals surface area contributed by atoms with E-state index in [0.717, 1.165) is 59.2 Å². The van der Waals surface area contributed by atoms with Crippen molar-refractivity contribution in [3.05, 3.63) is 113 Å². The molecule has 0 saturated carbocycles. The Morgan fingerprint density at radius 2 is 1.71 bits per heavy atom. The Kier molecular flexibility index (Phi) is 8.85. The van der Waals surface area contributed by atoms with Crippen LogP contribution in [-0.4, -0.2) is 58.8 Å². The summed E-state index contributed by atoms with van der Waals surface area (Å²) in [6.45, 7) is 10.5. The number of carbonyl (C=O) groups is 1. The van der Waals surface area contributed by atoms with Crippen molar-refractivity contribution in [2.75, 3.05) is 33.3 Å². The quantitative estimate of drug-likeness (QED) is 0.249. The molecular formula is C34H38N4O3. The van der Waals surface area contributed by atoms with Gasteiger partial charge in [0.1, 0.15) is 18.1 Å². The molecule has 5 rings (SSSR count). The summed E-state index contributed by atoms with van der Waals surface area (Å²) in [5, 5.41) is 4.79. The number of carbonyl (C=O) groups excluding carboxylic acids is 1. The Bertz CT molecular complexity index is 1520. The summed E-state index contributed by atoms with van der Waals surface area (Å²) in [5.41, 5.74) is 7.56. The third kappa shape index (κ3) is 6.87. The summed E-state index contributed by atoms with van der Waals surface area (Å²) in [6, 6.07) is 24.1. The summed E-state index contributed by atoms with van der Waals surface area (Å²) in [6.07, 6.45) is 3.54. The molecule has 0 atom stereocenters. The molecule has 0 aliphatic carbocycles. The molecule has 7 heteroatoms. The van der Waals surface area contributed by atoms with Gasteiger partial charge in [0.15, 0.2) is 0 Å². The number of rotatable bonds is 9. The van der Waals surface area contributed by atoms with Crippen molar-refractivity contribution in [2.45, 2.75) is 33.9 Å². The monoisotopic (exact) mass is 550 g/mol. The molecule has 0 unspecified atom stereocenters. The lowest BCUT2D eigenvalue weighted by Crippen LogP contribution is -2.47. The van der Waals surface area contributed by atoms with Gasteiger partial charge in [-0.2, -0.15) is 5.10 Å². The topological polar surface area (TPSA) is 59.8 Å². The number of methoxy groups -OCH3 is 1. The molecule has 0 spiro atoms. The largest absolute Gasteiger partial charge is 0.496 e. The van der Waals surface area contributed by atoms with E-state index >= 15 is 0 Å². The lowest BCUT2D eigenvalue weighted by Gasteiger charge is -2.34. The number of nitrogens with zero attached hydrogens (tertiary/aromatic N) is 4. The molecule has 212 valence electrons. The molecule has 0 radical (unpaired) electrons. The minimum atomic E-state index is 0.0299. The second kappa shape index (κ2) is 12.9. The Morgan fingerprint density at radius 3 is 2.44 bits per heavy atom. The van der Waals surface area contributed by atoms with E-state index < -0.39 is 0 Å². The van der Waals surface area contributed by atoms with Crippen molar-refractivity contribution in [3.63, 3.8) is 0 Å². The lowest BCUT2D eigenvalue weighted by molar-refractivity contribution is -0.127. The Balaban J connectivity index is 1.16. The molecule has 1 fully saturated rings. The number of hydrogen-bond donors (Lipinski definition) is 0. The molecule has 1 aliphatic rings. The fraction of sp³-hybridized carbons (Fsp3) is 0.294. The summed E-state index contributed by atoms with van der Waals surface area (Å²) < 4.78 is 13.6. The Hall–Kier alpha value is -4.36. The molecule has 4 aromatic rings. The van der Waals surface area contributed by atoms with Gasteiger partial charge in [0, 0.05) is 55.6 Å². The zero-order chi connectivity index (χ0) is 28.8. The SMILES string of the molecule is COc1ccc(/C=C/C(=O)N2CCN(Cc3c(C)nn(-c4ccccc4)c3C)CC2)cc1COc1cccc(C)c1. The van der Waals surface area contributed by atoms with Gasteiger partial charge in [-0.05, 0) is 74.4 Å². The summed E-state index contributed by atoms with van der Waals surface area (Å²) >= 11 is 0. The summed E-state index contributed by atoms with van der Waals surface area (Å²) in [5.74, 6) is 1.61. The van der Waals surface area contributed by atoms with Crippen LogP contribution in [0.5, 0.6) is 11.5 Å². The number of ether oxygens (including phenoxy) is 2. The fourth-order valence-electron chi connectivity index (χ4n) is 5.23. The minimum absolute atomic E-state index is 0.0299. The van der Waals surface area contributed by atoms with Gasteiger partial charge in [0.05, 0.1) is 18.5 Å². The van der Waals surface area contributed by atoms with Crippen LogP contribution in [0.25, 0.3) is 11.8 Å². The van der Waals surface area contributed by atoms with Crippen molar-refractivity contribution >= 4 is 12.0 Å². The Labute approximate surface area is 242 Å². The van der Waals surface area contributed by atoms with Crippen molar-refractivity contribution < 1.29 is 14.3 Å².